The van der Waals surface area contributed by atoms with Crippen molar-refractivity contribution in [2.45, 2.75) is 9.48 Å². The van der Waals surface area contributed by atoms with Gasteiger partial charge in [0.15, 0.2) is 15.6 Å². The molecule has 13 heteroatoms. The minimum atomic E-state index is -4.37. The summed E-state index contributed by atoms with van der Waals surface area (Å²) in [4.78, 5) is 10.00. The van der Waals surface area contributed by atoms with E-state index >= 15 is 0 Å². The largest absolute Gasteiger partial charge is 0.505 e. The summed E-state index contributed by atoms with van der Waals surface area (Å²) in [7, 11) is -7.85. The van der Waals surface area contributed by atoms with E-state index in [0.717, 1.165) is 24.1 Å². The predicted molar refractivity (Wildman–Crippen MR) is 123 cm³/mol. The molecule has 3 rings (SSSR count). The van der Waals surface area contributed by atoms with Gasteiger partial charge in [-0.25, -0.2) is 8.42 Å². The number of rotatable bonds is 9. The van der Waals surface area contributed by atoms with Crippen LogP contribution in [0.25, 0.3) is 10.8 Å². The number of benzene rings is 3. The third kappa shape index (κ3) is 6.07. The molecule has 0 aliphatic rings. The number of ether oxygens (including phenoxy) is 1. The zero-order valence-corrected chi connectivity index (χ0v) is 19.5. The maximum Gasteiger partial charge on any atom is 0.294 e. The highest BCUT2D eigenvalue weighted by atomic mass is 32.3. The fourth-order valence-corrected chi connectivity index (χ4v) is 5.86. The molecule has 0 bridgehead atoms. The molecule has 0 fully saturated rings. The predicted octanol–water partition coefficient (Wildman–Crippen LogP) is 4.11. The third-order valence-electron chi connectivity index (χ3n) is 4.42. The first-order valence-corrected chi connectivity index (χ1v) is 13.6. The molecule has 1 atom stereocenters. The van der Waals surface area contributed by atoms with Crippen molar-refractivity contribution in [1.29, 1.82) is 0 Å². The summed E-state index contributed by atoms with van der Waals surface area (Å²) in [6.45, 7) is 0.242. The molecule has 0 heterocycles. The second kappa shape index (κ2) is 9.87. The zero-order valence-electron chi connectivity index (χ0n) is 17.0. The molecule has 3 aromatic carbocycles. The Bertz CT molecular complexity index is 1420. The Labute approximate surface area is 194 Å². The second-order valence-electron chi connectivity index (χ2n) is 6.79. The molecule has 33 heavy (non-hydrogen) atoms. The molecule has 0 aliphatic heterocycles. The smallest absolute Gasteiger partial charge is 0.294 e. The molecule has 0 amide bonds. The van der Waals surface area contributed by atoms with Crippen LogP contribution in [0.2, 0.25) is 0 Å². The first kappa shape index (κ1) is 24.6. The number of azo groups is 1. The standard InChI is InChI=1S/C20H18N2O8S3/c1-32(25,26)20(31-12-30-11-23)13-2-5-15(6-3-13)21-22-18-9-4-14-10-16(33(27,28)29)7-8-17(14)19(18)24/h2-11,20,24H,12H2,1H3,(H,27,28,29). The third-order valence-corrected chi connectivity index (χ3v) is 8.63. The van der Waals surface area contributed by atoms with Gasteiger partial charge in [0, 0.05) is 11.6 Å². The second-order valence-corrected chi connectivity index (χ2v) is 11.7. The summed E-state index contributed by atoms with van der Waals surface area (Å²) >= 11 is 0.946. The molecule has 0 aromatic heterocycles. The van der Waals surface area contributed by atoms with E-state index in [1.54, 1.807) is 24.3 Å². The van der Waals surface area contributed by atoms with E-state index in [2.05, 4.69) is 15.0 Å². The number of carbonyl (C=O) groups excluding carboxylic acids is 1. The highest BCUT2D eigenvalue weighted by Crippen LogP contribution is 2.37. The molecule has 0 saturated heterocycles. The number of sulfone groups is 1. The number of thioether (sulfide) groups is 1. The lowest BCUT2D eigenvalue weighted by atomic mass is 10.1. The zero-order chi connectivity index (χ0) is 24.2. The fourth-order valence-electron chi connectivity index (χ4n) is 2.93. The van der Waals surface area contributed by atoms with Crippen molar-refractivity contribution in [1.82, 2.24) is 0 Å². The van der Waals surface area contributed by atoms with Crippen LogP contribution in [0.15, 0.2) is 69.7 Å². The number of hydrogen-bond acceptors (Lipinski definition) is 10. The number of carbonyl (C=O) groups is 1. The van der Waals surface area contributed by atoms with E-state index in [4.69, 9.17) is 4.55 Å². The van der Waals surface area contributed by atoms with Crippen molar-refractivity contribution in [3.05, 3.63) is 60.2 Å². The Balaban J connectivity index is 1.84. The summed E-state index contributed by atoms with van der Waals surface area (Å²) in [6, 6.07) is 12.9. The minimum Gasteiger partial charge on any atom is -0.505 e. The van der Waals surface area contributed by atoms with Crippen LogP contribution in [0.1, 0.15) is 10.1 Å². The van der Waals surface area contributed by atoms with Crippen molar-refractivity contribution >= 4 is 60.3 Å². The molecule has 10 nitrogen and oxygen atoms in total. The van der Waals surface area contributed by atoms with Crippen molar-refractivity contribution in [2.24, 2.45) is 10.2 Å². The lowest BCUT2D eigenvalue weighted by molar-refractivity contribution is -0.126. The SMILES string of the molecule is CS(=O)(=O)C(SCOC=O)c1ccc(N=Nc2ccc3cc(S(=O)(=O)O)ccc3c2O)cc1. The number of aromatic hydroxyl groups is 1. The van der Waals surface area contributed by atoms with Crippen molar-refractivity contribution in [3.8, 4) is 5.75 Å². The lowest BCUT2D eigenvalue weighted by Gasteiger charge is -2.14. The average molecular weight is 511 g/mol. The fraction of sp³-hybridized carbons (Fsp3) is 0.150. The number of hydrogen-bond donors (Lipinski definition) is 2. The Morgan fingerprint density at radius 2 is 1.73 bits per heavy atom. The Morgan fingerprint density at radius 3 is 2.33 bits per heavy atom. The van der Waals surface area contributed by atoms with Crippen molar-refractivity contribution < 1.29 is 36.0 Å². The van der Waals surface area contributed by atoms with Crippen LogP contribution in [0.3, 0.4) is 0 Å². The van der Waals surface area contributed by atoms with Crippen LogP contribution in [0, 0.1) is 0 Å². The minimum absolute atomic E-state index is 0.115. The number of fused-ring (bicyclic) bond motifs is 1. The lowest BCUT2D eigenvalue weighted by Crippen LogP contribution is -2.09. The van der Waals surface area contributed by atoms with E-state index in [9.17, 15) is 26.7 Å². The van der Waals surface area contributed by atoms with Gasteiger partial charge in [-0.1, -0.05) is 30.0 Å². The van der Waals surface area contributed by atoms with Gasteiger partial charge in [-0.05, 0) is 47.3 Å². The van der Waals surface area contributed by atoms with E-state index in [1.807, 2.05) is 0 Å². The molecule has 174 valence electrons. The summed E-state index contributed by atoms with van der Waals surface area (Å²) in [5.74, 6) is -0.339. The van der Waals surface area contributed by atoms with Crippen molar-refractivity contribution in [3.63, 3.8) is 0 Å². The van der Waals surface area contributed by atoms with Gasteiger partial charge in [0.05, 0.1) is 10.6 Å². The van der Waals surface area contributed by atoms with Crippen molar-refractivity contribution in [2.75, 3.05) is 12.2 Å². The number of phenols is 1. The molecule has 0 saturated carbocycles. The molecule has 0 aliphatic carbocycles. The van der Waals surface area contributed by atoms with Gasteiger partial charge in [0.25, 0.3) is 16.6 Å². The van der Waals surface area contributed by atoms with Crippen LogP contribution in [0.5, 0.6) is 5.75 Å². The normalized spacial score (nSPS) is 13.3. The first-order chi connectivity index (χ1) is 15.5. The first-order valence-electron chi connectivity index (χ1n) is 9.11. The van der Waals surface area contributed by atoms with Gasteiger partial charge in [0.2, 0.25) is 0 Å². The van der Waals surface area contributed by atoms with E-state index in [0.29, 0.717) is 22.0 Å². The molecular formula is C20H18N2O8S3. The van der Waals surface area contributed by atoms with Crippen LogP contribution < -0.4 is 0 Å². The van der Waals surface area contributed by atoms with Gasteiger partial charge in [-0.15, -0.1) is 5.11 Å². The van der Waals surface area contributed by atoms with Gasteiger partial charge in [-0.2, -0.15) is 13.5 Å². The molecular weight excluding hydrogens is 492 g/mol. The van der Waals surface area contributed by atoms with E-state index in [-0.39, 0.29) is 28.7 Å². The average Bonchev–Trinajstić information content (AvgIpc) is 2.75. The Hall–Kier alpha value is -3.00. The molecule has 1 unspecified atom stereocenters. The van der Waals surface area contributed by atoms with E-state index < -0.39 is 24.5 Å². The molecule has 0 radical (unpaired) electrons. The maximum atomic E-state index is 12.1. The number of phenolic OH excluding ortho intramolecular Hbond substituents is 1. The summed E-state index contributed by atoms with van der Waals surface area (Å²) in [6.07, 6.45) is 1.08. The van der Waals surface area contributed by atoms with Gasteiger partial charge >= 0.3 is 0 Å². The summed E-state index contributed by atoms with van der Waals surface area (Å²) in [5.41, 5.74) is 0.988. The molecule has 3 aromatic rings. The highest BCUT2D eigenvalue weighted by Gasteiger charge is 2.23. The Morgan fingerprint density at radius 1 is 1.03 bits per heavy atom. The van der Waals surface area contributed by atoms with Crippen LogP contribution in [-0.2, 0) is 29.5 Å². The molecule has 2 N–H and O–H groups in total. The van der Waals surface area contributed by atoms with E-state index in [1.165, 1.54) is 24.3 Å². The highest BCUT2D eigenvalue weighted by molar-refractivity contribution is 8.12. The van der Waals surface area contributed by atoms with Gasteiger partial charge in [0.1, 0.15) is 16.2 Å². The summed E-state index contributed by atoms with van der Waals surface area (Å²) in [5, 5.41) is 19.2. The topological polar surface area (TPSA) is 160 Å². The van der Waals surface area contributed by atoms with Crippen LogP contribution in [0.4, 0.5) is 11.4 Å². The maximum absolute atomic E-state index is 12.1. The Kier molecular flexibility index (Phi) is 7.37. The van der Waals surface area contributed by atoms with Crippen LogP contribution >= 0.6 is 11.8 Å². The quantitative estimate of drug-likeness (QED) is 0.142. The monoisotopic (exact) mass is 510 g/mol. The van der Waals surface area contributed by atoms with Crippen LogP contribution in [-0.4, -0.2) is 45.2 Å². The number of nitrogens with zero attached hydrogens (tertiary/aromatic N) is 2. The van der Waals surface area contributed by atoms with Gasteiger partial charge in [-0.3, -0.25) is 9.35 Å². The summed E-state index contributed by atoms with van der Waals surface area (Å²) < 4.78 is 59.5. The molecule has 0 spiro atoms. The van der Waals surface area contributed by atoms with Gasteiger partial charge < -0.3 is 9.84 Å².